The quantitative estimate of drug-likeness (QED) is 0.786. The number of carboxylic acids is 1. The summed E-state index contributed by atoms with van der Waals surface area (Å²) in [6.45, 7) is 4.23. The number of amides is 2. The normalized spacial score (nSPS) is 18.3. The molecule has 2 rings (SSSR count). The second-order valence-electron chi connectivity index (χ2n) is 5.81. The van der Waals surface area contributed by atoms with Crippen LogP contribution in [0.2, 0.25) is 0 Å². The van der Waals surface area contributed by atoms with E-state index in [1.165, 1.54) is 0 Å². The highest BCUT2D eigenvalue weighted by molar-refractivity contribution is 6.01. The molecule has 2 unspecified atom stereocenters. The third-order valence-corrected chi connectivity index (χ3v) is 3.82. The van der Waals surface area contributed by atoms with Crippen LogP contribution in [0.15, 0.2) is 24.3 Å². The van der Waals surface area contributed by atoms with Gasteiger partial charge in [0.25, 0.3) is 0 Å². The van der Waals surface area contributed by atoms with Crippen LogP contribution in [-0.4, -0.2) is 42.1 Å². The Morgan fingerprint density at radius 1 is 1.42 bits per heavy atom. The van der Waals surface area contributed by atoms with Crippen molar-refractivity contribution >= 4 is 23.5 Å². The molecule has 1 saturated heterocycles. The molecule has 24 heavy (non-hydrogen) atoms. The van der Waals surface area contributed by atoms with Crippen molar-refractivity contribution in [3.8, 4) is 5.75 Å². The first-order valence-corrected chi connectivity index (χ1v) is 7.96. The van der Waals surface area contributed by atoms with E-state index in [0.717, 1.165) is 0 Å². The van der Waals surface area contributed by atoms with Crippen molar-refractivity contribution in [1.29, 1.82) is 0 Å². The molecule has 0 radical (unpaired) electrons. The average molecular weight is 334 g/mol. The van der Waals surface area contributed by atoms with E-state index in [-0.39, 0.29) is 31.2 Å². The molecule has 7 heteroatoms. The number of aliphatic carboxylic acids is 1. The summed E-state index contributed by atoms with van der Waals surface area (Å²) in [5.74, 6) is -1.31. The summed E-state index contributed by atoms with van der Waals surface area (Å²) in [7, 11) is 0. The zero-order valence-electron chi connectivity index (χ0n) is 13.8. The maximum atomic E-state index is 12.3. The van der Waals surface area contributed by atoms with Gasteiger partial charge in [0.05, 0.1) is 24.6 Å². The number of carboxylic acid groups (broad SMARTS) is 1. The van der Waals surface area contributed by atoms with E-state index in [1.54, 1.807) is 24.0 Å². The van der Waals surface area contributed by atoms with Crippen LogP contribution in [0.25, 0.3) is 0 Å². The van der Waals surface area contributed by atoms with Gasteiger partial charge < -0.3 is 20.1 Å². The van der Waals surface area contributed by atoms with Crippen LogP contribution in [0.4, 0.5) is 5.69 Å². The second-order valence-corrected chi connectivity index (χ2v) is 5.81. The molecule has 1 fully saturated rings. The van der Waals surface area contributed by atoms with Crippen molar-refractivity contribution in [1.82, 2.24) is 5.32 Å². The van der Waals surface area contributed by atoms with Crippen LogP contribution < -0.4 is 15.0 Å². The van der Waals surface area contributed by atoms with Gasteiger partial charge in [0.1, 0.15) is 5.75 Å². The molecule has 130 valence electrons. The number of para-hydroxylation sites is 2. The second kappa shape index (κ2) is 7.81. The Morgan fingerprint density at radius 3 is 2.79 bits per heavy atom. The molecule has 1 aromatic rings. The molecule has 0 bridgehead atoms. The van der Waals surface area contributed by atoms with Gasteiger partial charge in [-0.05, 0) is 26.0 Å². The zero-order chi connectivity index (χ0) is 17.7. The molecule has 1 heterocycles. The number of hydrogen-bond acceptors (Lipinski definition) is 4. The van der Waals surface area contributed by atoms with Gasteiger partial charge in [-0.1, -0.05) is 12.1 Å². The minimum Gasteiger partial charge on any atom is -0.492 e. The predicted molar refractivity (Wildman–Crippen MR) is 87.9 cm³/mol. The summed E-state index contributed by atoms with van der Waals surface area (Å²) in [5, 5.41) is 11.4. The van der Waals surface area contributed by atoms with Gasteiger partial charge in [0.15, 0.2) is 0 Å². The van der Waals surface area contributed by atoms with Crippen LogP contribution in [0.5, 0.6) is 5.75 Å². The van der Waals surface area contributed by atoms with Crippen LogP contribution in [0, 0.1) is 5.92 Å². The van der Waals surface area contributed by atoms with E-state index in [9.17, 15) is 14.4 Å². The predicted octanol–water partition coefficient (Wildman–Crippen LogP) is 1.42. The molecule has 1 aliphatic heterocycles. The van der Waals surface area contributed by atoms with Gasteiger partial charge in [-0.2, -0.15) is 0 Å². The highest BCUT2D eigenvalue weighted by atomic mass is 16.5. The average Bonchev–Trinajstić information content (AvgIpc) is 2.89. The zero-order valence-corrected chi connectivity index (χ0v) is 13.8. The smallest absolute Gasteiger partial charge is 0.305 e. The van der Waals surface area contributed by atoms with Crippen molar-refractivity contribution < 1.29 is 24.2 Å². The lowest BCUT2D eigenvalue weighted by molar-refractivity contribution is -0.137. The first-order chi connectivity index (χ1) is 11.4. The highest BCUT2D eigenvalue weighted by Gasteiger charge is 2.36. The van der Waals surface area contributed by atoms with Crippen molar-refractivity contribution in [2.24, 2.45) is 5.92 Å². The van der Waals surface area contributed by atoms with E-state index in [4.69, 9.17) is 9.84 Å². The number of carbonyl (C=O) groups excluding carboxylic acids is 2. The molecule has 0 saturated carbocycles. The summed E-state index contributed by atoms with van der Waals surface area (Å²) in [4.78, 5) is 36.8. The molecule has 1 aliphatic rings. The third kappa shape index (κ3) is 4.24. The number of nitrogens with one attached hydrogen (secondary N) is 1. The monoisotopic (exact) mass is 334 g/mol. The number of rotatable bonds is 7. The van der Waals surface area contributed by atoms with Gasteiger partial charge in [0, 0.05) is 19.0 Å². The third-order valence-electron chi connectivity index (χ3n) is 3.82. The Morgan fingerprint density at radius 2 is 2.12 bits per heavy atom. The van der Waals surface area contributed by atoms with E-state index in [2.05, 4.69) is 5.32 Å². The van der Waals surface area contributed by atoms with Crippen molar-refractivity contribution in [2.75, 3.05) is 18.1 Å². The summed E-state index contributed by atoms with van der Waals surface area (Å²) >= 11 is 0. The van der Waals surface area contributed by atoms with Crippen LogP contribution in [-0.2, 0) is 14.4 Å². The lowest BCUT2D eigenvalue weighted by Gasteiger charge is -2.20. The Labute approximate surface area is 140 Å². The summed E-state index contributed by atoms with van der Waals surface area (Å²) in [5.41, 5.74) is 0.651. The Kier molecular flexibility index (Phi) is 5.78. The van der Waals surface area contributed by atoms with Crippen LogP contribution >= 0.6 is 0 Å². The Balaban J connectivity index is 2.06. The van der Waals surface area contributed by atoms with Gasteiger partial charge in [0.2, 0.25) is 11.8 Å². The van der Waals surface area contributed by atoms with E-state index in [1.807, 2.05) is 19.1 Å². The molecular formula is C17H22N2O5. The lowest BCUT2D eigenvalue weighted by atomic mass is 10.1. The fourth-order valence-electron chi connectivity index (χ4n) is 2.75. The van der Waals surface area contributed by atoms with Gasteiger partial charge >= 0.3 is 5.97 Å². The number of benzene rings is 1. The fourth-order valence-corrected chi connectivity index (χ4v) is 2.75. The number of hydrogen-bond donors (Lipinski definition) is 2. The fraction of sp³-hybridized carbons (Fsp3) is 0.471. The SMILES string of the molecule is CCOc1ccccc1N1CC(C(=O)NC(C)CC(=O)O)CC1=O. The molecule has 0 spiro atoms. The molecule has 2 amide bonds. The standard InChI is InChI=1S/C17H22N2O5/c1-3-24-14-7-5-4-6-13(14)19-10-12(9-15(19)20)17(23)18-11(2)8-16(21)22/h4-7,11-12H,3,8-10H2,1-2H3,(H,18,23)(H,21,22). The molecular weight excluding hydrogens is 312 g/mol. The van der Waals surface area contributed by atoms with Crippen molar-refractivity contribution in [3.63, 3.8) is 0 Å². The largest absolute Gasteiger partial charge is 0.492 e. The number of carbonyl (C=O) groups is 3. The van der Waals surface area contributed by atoms with E-state index < -0.39 is 17.9 Å². The van der Waals surface area contributed by atoms with Gasteiger partial charge in [-0.3, -0.25) is 14.4 Å². The van der Waals surface area contributed by atoms with Crippen LogP contribution in [0.3, 0.4) is 0 Å². The number of ether oxygens (including phenoxy) is 1. The van der Waals surface area contributed by atoms with Gasteiger partial charge in [-0.25, -0.2) is 0 Å². The Bertz CT molecular complexity index is 631. The van der Waals surface area contributed by atoms with E-state index >= 15 is 0 Å². The van der Waals surface area contributed by atoms with Crippen molar-refractivity contribution in [2.45, 2.75) is 32.7 Å². The lowest BCUT2D eigenvalue weighted by Crippen LogP contribution is -2.39. The maximum absolute atomic E-state index is 12.3. The number of nitrogens with zero attached hydrogens (tertiary/aromatic N) is 1. The minimum atomic E-state index is -0.974. The van der Waals surface area contributed by atoms with Gasteiger partial charge in [-0.15, -0.1) is 0 Å². The van der Waals surface area contributed by atoms with Crippen molar-refractivity contribution in [3.05, 3.63) is 24.3 Å². The minimum absolute atomic E-state index is 0.103. The molecule has 7 nitrogen and oxygen atoms in total. The maximum Gasteiger partial charge on any atom is 0.305 e. The summed E-state index contributed by atoms with van der Waals surface area (Å²) in [6.07, 6.45) is -0.0463. The Hall–Kier alpha value is -2.57. The molecule has 0 aromatic heterocycles. The summed E-state index contributed by atoms with van der Waals surface area (Å²) in [6, 6.07) is 6.74. The first-order valence-electron chi connectivity index (χ1n) is 7.96. The summed E-state index contributed by atoms with van der Waals surface area (Å²) < 4.78 is 5.54. The molecule has 2 atom stereocenters. The number of anilines is 1. The van der Waals surface area contributed by atoms with E-state index in [0.29, 0.717) is 18.0 Å². The molecule has 0 aliphatic carbocycles. The topological polar surface area (TPSA) is 95.9 Å². The highest BCUT2D eigenvalue weighted by Crippen LogP contribution is 2.33. The molecule has 2 N–H and O–H groups in total. The van der Waals surface area contributed by atoms with Crippen LogP contribution in [0.1, 0.15) is 26.7 Å². The first kappa shape index (κ1) is 17.8. The molecule has 1 aromatic carbocycles.